The second-order valence-corrected chi connectivity index (χ2v) is 11.6. The number of rotatable bonds is 5. The van der Waals surface area contributed by atoms with Crippen molar-refractivity contribution in [2.45, 2.75) is 43.5 Å². The van der Waals surface area contributed by atoms with Crippen LogP contribution in [0.1, 0.15) is 42.6 Å². The maximum Gasteiger partial charge on any atom is 0.269 e. The van der Waals surface area contributed by atoms with Gasteiger partial charge in [-0.3, -0.25) is 4.40 Å². The highest BCUT2D eigenvalue weighted by molar-refractivity contribution is 7.90. The molecule has 0 unspecified atom stereocenters. The van der Waals surface area contributed by atoms with Crippen molar-refractivity contribution in [3.63, 3.8) is 0 Å². The third-order valence-corrected chi connectivity index (χ3v) is 8.90. The topological polar surface area (TPSA) is 118 Å². The molecule has 0 spiro atoms. The summed E-state index contributed by atoms with van der Waals surface area (Å²) < 4.78 is 30.0. The van der Waals surface area contributed by atoms with Gasteiger partial charge in [0.1, 0.15) is 5.82 Å². The molecule has 6 rings (SSSR count). The number of nitriles is 1. The maximum atomic E-state index is 13.4. The van der Waals surface area contributed by atoms with Crippen molar-refractivity contribution in [2.75, 3.05) is 5.32 Å². The summed E-state index contributed by atoms with van der Waals surface area (Å²) in [5.74, 6) is 1.25. The Bertz CT molecular complexity index is 1780. The van der Waals surface area contributed by atoms with Crippen LogP contribution in [0.4, 0.5) is 5.69 Å². The summed E-state index contributed by atoms with van der Waals surface area (Å²) in [6.07, 6.45) is 4.89. The van der Waals surface area contributed by atoms with E-state index in [1.807, 2.05) is 29.5 Å². The second kappa shape index (κ2) is 8.71. The number of nitrogens with one attached hydrogen (secondary N) is 1. The molecule has 1 aliphatic rings. The summed E-state index contributed by atoms with van der Waals surface area (Å²) in [7, 11) is -3.82. The van der Waals surface area contributed by atoms with Crippen LogP contribution in [0.2, 0.25) is 0 Å². The summed E-state index contributed by atoms with van der Waals surface area (Å²) in [5.41, 5.74) is 4.10. The highest BCUT2D eigenvalue weighted by atomic mass is 32.2. The van der Waals surface area contributed by atoms with Crippen LogP contribution in [-0.2, 0) is 10.0 Å². The highest BCUT2D eigenvalue weighted by Crippen LogP contribution is 2.40. The Morgan fingerprint density at radius 2 is 1.89 bits per heavy atom. The Balaban J connectivity index is 1.36. The van der Waals surface area contributed by atoms with Crippen molar-refractivity contribution in [2.24, 2.45) is 5.92 Å². The van der Waals surface area contributed by atoms with Gasteiger partial charge in [-0.15, -0.1) is 10.2 Å². The summed E-state index contributed by atoms with van der Waals surface area (Å²) in [6, 6.07) is 18.4. The summed E-state index contributed by atoms with van der Waals surface area (Å²) >= 11 is 0. The molecule has 9 nitrogen and oxygen atoms in total. The fourth-order valence-electron chi connectivity index (χ4n) is 5.35. The molecule has 10 heteroatoms. The fourth-order valence-corrected chi connectivity index (χ4v) is 6.65. The monoisotopic (exact) mass is 511 g/mol. The van der Waals surface area contributed by atoms with Gasteiger partial charge in [-0.1, -0.05) is 30.7 Å². The number of aryl methyl sites for hydroxylation is 1. The van der Waals surface area contributed by atoms with Crippen LogP contribution in [0.15, 0.2) is 71.9 Å². The van der Waals surface area contributed by atoms with E-state index in [1.54, 1.807) is 48.8 Å². The number of hydrogen-bond acceptors (Lipinski definition) is 7. The van der Waals surface area contributed by atoms with E-state index < -0.39 is 10.0 Å². The van der Waals surface area contributed by atoms with Crippen LogP contribution in [0.5, 0.6) is 0 Å². The van der Waals surface area contributed by atoms with Crippen molar-refractivity contribution in [3.8, 4) is 6.07 Å². The van der Waals surface area contributed by atoms with E-state index in [4.69, 9.17) is 0 Å². The molecule has 1 fully saturated rings. The van der Waals surface area contributed by atoms with Gasteiger partial charge in [0.05, 0.1) is 28.2 Å². The molecular weight excluding hydrogens is 486 g/mol. The summed E-state index contributed by atoms with van der Waals surface area (Å²) in [6.45, 7) is 4.12. The first kappa shape index (κ1) is 23.2. The average Bonchev–Trinajstić information content (AvgIpc) is 3.60. The molecule has 3 aromatic heterocycles. The second-order valence-electron chi connectivity index (χ2n) is 9.74. The number of benzene rings is 2. The molecule has 3 atom stereocenters. The summed E-state index contributed by atoms with van der Waals surface area (Å²) in [4.78, 5) is 4.66. The van der Waals surface area contributed by atoms with Crippen LogP contribution in [0.25, 0.3) is 16.8 Å². The normalized spacial score (nSPS) is 19.9. The predicted octanol–water partition coefficient (Wildman–Crippen LogP) is 4.49. The Kier molecular flexibility index (Phi) is 5.46. The molecule has 5 aromatic rings. The minimum Gasteiger partial charge on any atom is -0.382 e. The van der Waals surface area contributed by atoms with Gasteiger partial charge in [-0.25, -0.2) is 17.4 Å². The molecule has 0 aliphatic heterocycles. The van der Waals surface area contributed by atoms with Crippen LogP contribution in [-0.4, -0.2) is 38.0 Å². The van der Waals surface area contributed by atoms with Gasteiger partial charge in [-0.05, 0) is 62.1 Å². The van der Waals surface area contributed by atoms with Gasteiger partial charge in [0.25, 0.3) is 10.0 Å². The van der Waals surface area contributed by atoms with Crippen molar-refractivity contribution >= 4 is 32.5 Å². The zero-order valence-electron chi connectivity index (χ0n) is 20.4. The summed E-state index contributed by atoms with van der Waals surface area (Å²) in [5, 5.41) is 21.7. The smallest absolute Gasteiger partial charge is 0.269 e. The molecule has 2 aromatic carbocycles. The van der Waals surface area contributed by atoms with E-state index in [-0.39, 0.29) is 16.9 Å². The van der Waals surface area contributed by atoms with Crippen LogP contribution in [0.3, 0.4) is 0 Å². The Morgan fingerprint density at radius 3 is 2.68 bits per heavy atom. The zero-order valence-corrected chi connectivity index (χ0v) is 21.2. The van der Waals surface area contributed by atoms with Crippen molar-refractivity contribution in [1.29, 1.82) is 5.26 Å². The molecule has 37 heavy (non-hydrogen) atoms. The first-order chi connectivity index (χ1) is 17.8. The van der Waals surface area contributed by atoms with E-state index >= 15 is 0 Å². The van der Waals surface area contributed by atoms with Gasteiger partial charge >= 0.3 is 0 Å². The number of nitrogens with zero attached hydrogens (tertiary/aromatic N) is 6. The SMILES string of the molecule is Cc1ccc(S(=O)(=O)n2ccc3c2ncc2nnc([C@H]4C[C@@H](Nc5cccc(C#N)c5)C[C@H]4C)n23)cc1. The van der Waals surface area contributed by atoms with Gasteiger partial charge in [0.15, 0.2) is 11.3 Å². The van der Waals surface area contributed by atoms with Gasteiger partial charge in [-0.2, -0.15) is 5.26 Å². The van der Waals surface area contributed by atoms with Crippen LogP contribution in [0, 0.1) is 24.2 Å². The molecule has 186 valence electrons. The van der Waals surface area contributed by atoms with E-state index in [0.717, 1.165) is 29.9 Å². The first-order valence-corrected chi connectivity index (χ1v) is 13.6. The molecule has 0 saturated heterocycles. The van der Waals surface area contributed by atoms with Crippen molar-refractivity contribution in [3.05, 3.63) is 83.9 Å². The highest BCUT2D eigenvalue weighted by Gasteiger charge is 2.36. The molecule has 0 amide bonds. The third-order valence-electron chi connectivity index (χ3n) is 7.22. The minimum absolute atomic E-state index is 0.120. The lowest BCUT2D eigenvalue weighted by atomic mass is 9.97. The first-order valence-electron chi connectivity index (χ1n) is 12.1. The molecule has 0 bridgehead atoms. The third kappa shape index (κ3) is 3.92. The minimum atomic E-state index is -3.82. The molecule has 1 saturated carbocycles. The van der Waals surface area contributed by atoms with Crippen molar-refractivity contribution in [1.82, 2.24) is 23.6 Å². The Hall–Kier alpha value is -4.23. The van der Waals surface area contributed by atoms with E-state index in [9.17, 15) is 13.7 Å². The molecule has 3 heterocycles. The van der Waals surface area contributed by atoms with E-state index in [1.165, 1.54) is 3.97 Å². The quantitative estimate of drug-likeness (QED) is 0.369. The lowest BCUT2D eigenvalue weighted by molar-refractivity contribution is 0.507. The van der Waals surface area contributed by atoms with Gasteiger partial charge in [0.2, 0.25) is 0 Å². The number of fused-ring (bicyclic) bond motifs is 3. The number of aromatic nitrogens is 5. The number of hydrogen-bond donors (Lipinski definition) is 1. The van der Waals surface area contributed by atoms with Crippen LogP contribution < -0.4 is 5.32 Å². The van der Waals surface area contributed by atoms with Gasteiger partial charge < -0.3 is 5.32 Å². The predicted molar refractivity (Wildman–Crippen MR) is 140 cm³/mol. The number of anilines is 1. The molecular formula is C27H25N7O2S. The van der Waals surface area contributed by atoms with E-state index in [2.05, 4.69) is 33.5 Å². The Labute approximate surface area is 214 Å². The standard InChI is InChI=1S/C27H25N7O2S/c1-17-6-8-22(9-7-17)37(35,36)33-11-10-24-27(33)29-16-25-31-32-26(34(24)25)23-14-21(12-18(23)2)30-20-5-3-4-19(13-20)15-28/h3-11,13,16,18,21,23,30H,12,14H2,1-2H3/t18-,21+,23+/m1/s1. The molecule has 1 N–H and O–H groups in total. The lowest BCUT2D eigenvalue weighted by Crippen LogP contribution is -2.16. The molecule has 0 radical (unpaired) electrons. The van der Waals surface area contributed by atoms with Crippen LogP contribution >= 0.6 is 0 Å². The average molecular weight is 512 g/mol. The maximum absolute atomic E-state index is 13.4. The lowest BCUT2D eigenvalue weighted by Gasteiger charge is -2.15. The fraction of sp³-hybridized carbons (Fsp3) is 0.259. The zero-order chi connectivity index (χ0) is 25.7. The largest absolute Gasteiger partial charge is 0.382 e. The van der Waals surface area contributed by atoms with Gasteiger partial charge in [0, 0.05) is 23.8 Å². The van der Waals surface area contributed by atoms with E-state index in [0.29, 0.717) is 28.3 Å². The molecule has 1 aliphatic carbocycles. The Morgan fingerprint density at radius 1 is 1.08 bits per heavy atom. The van der Waals surface area contributed by atoms with Crippen molar-refractivity contribution < 1.29 is 8.42 Å².